The van der Waals surface area contributed by atoms with Crippen LogP contribution in [0.5, 0.6) is 0 Å². The van der Waals surface area contributed by atoms with Gasteiger partial charge in [-0.1, -0.05) is 0 Å². The fraction of sp³-hybridized carbons (Fsp3) is 1.00. The van der Waals surface area contributed by atoms with Crippen molar-refractivity contribution in [3.8, 4) is 0 Å². The Kier molecular flexibility index (Phi) is 8.02. The average Bonchev–Trinajstić information content (AvgIpc) is 1.81. The molecule has 3 heteroatoms. The van der Waals surface area contributed by atoms with Gasteiger partial charge in [-0.05, 0) is 18.6 Å². The Bertz CT molecular complexity index is 37.4. The summed E-state index contributed by atoms with van der Waals surface area (Å²) in [4.78, 5) is 0. The third kappa shape index (κ3) is 6.53. The first kappa shape index (κ1) is 8.53. The predicted molar refractivity (Wildman–Crippen MR) is 43.8 cm³/mol. The lowest BCUT2D eigenvalue weighted by molar-refractivity contribution is 0.175. The summed E-state index contributed by atoms with van der Waals surface area (Å²) >= 11 is 4.08. The molecule has 0 heterocycles. The zero-order valence-corrected chi connectivity index (χ0v) is 8.29. The Morgan fingerprint density at radius 1 is 1.38 bits per heavy atom. The maximum absolute atomic E-state index is 5.16. The van der Waals surface area contributed by atoms with Crippen LogP contribution in [0.4, 0.5) is 0 Å². The van der Waals surface area contributed by atoms with E-state index in [1.807, 2.05) is 0 Å². The Balaban J connectivity index is 2.53. The lowest BCUT2D eigenvalue weighted by atomic mass is 10.4. The van der Waals surface area contributed by atoms with E-state index in [4.69, 9.17) is 4.74 Å². The van der Waals surface area contributed by atoms with Gasteiger partial charge in [0.25, 0.3) is 0 Å². The molecule has 1 nitrogen and oxygen atoms in total. The van der Waals surface area contributed by atoms with Crippen molar-refractivity contribution in [1.29, 1.82) is 0 Å². The van der Waals surface area contributed by atoms with E-state index in [0.29, 0.717) is 0 Å². The van der Waals surface area contributed by atoms with Crippen molar-refractivity contribution >= 4 is 22.9 Å². The van der Waals surface area contributed by atoms with Gasteiger partial charge in [0.05, 0.1) is 0 Å². The van der Waals surface area contributed by atoms with Gasteiger partial charge in [0.15, 0.2) is 0 Å². The molecule has 0 spiro atoms. The van der Waals surface area contributed by atoms with Crippen LogP contribution in [0.15, 0.2) is 0 Å². The normalized spacial score (nSPS) is 10.1. The van der Waals surface area contributed by atoms with Crippen molar-refractivity contribution in [2.75, 3.05) is 18.6 Å². The van der Waals surface area contributed by atoms with Gasteiger partial charge in [-0.15, -0.1) is 0 Å². The minimum absolute atomic E-state index is 0.935. The third-order valence-electron chi connectivity index (χ3n) is 0.901. The summed E-state index contributed by atoms with van der Waals surface area (Å²) in [5.41, 5.74) is 0. The van der Waals surface area contributed by atoms with Crippen LogP contribution in [-0.2, 0) is 4.74 Å². The molecule has 0 N–H and O–H groups in total. The van der Waals surface area contributed by atoms with Gasteiger partial charge in [0, 0.05) is 23.1 Å². The second kappa shape index (κ2) is 7.53. The SMILES string of the molecule is [SiH3]COCCCCS. The minimum atomic E-state index is 0.935. The molecule has 0 aromatic heterocycles. The van der Waals surface area contributed by atoms with Gasteiger partial charge < -0.3 is 4.74 Å². The van der Waals surface area contributed by atoms with E-state index in [2.05, 4.69) is 12.6 Å². The van der Waals surface area contributed by atoms with Crippen LogP contribution in [0.2, 0.25) is 0 Å². The monoisotopic (exact) mass is 150 g/mol. The van der Waals surface area contributed by atoms with Crippen LogP contribution in [0.1, 0.15) is 12.8 Å². The molecule has 0 radical (unpaired) electrons. The zero-order valence-electron chi connectivity index (χ0n) is 5.39. The standard InChI is InChI=1S/C5H14OSSi/c7-4-2-1-3-6-5-8/h7H,1-5H2,8H3. The van der Waals surface area contributed by atoms with Crippen LogP contribution in [0, 0.1) is 0 Å². The number of hydrogen-bond acceptors (Lipinski definition) is 2. The van der Waals surface area contributed by atoms with Crippen molar-refractivity contribution in [2.24, 2.45) is 0 Å². The maximum Gasteiger partial charge on any atom is 0.0461 e. The number of unbranched alkanes of at least 4 members (excludes halogenated alkanes) is 1. The Morgan fingerprint density at radius 3 is 2.62 bits per heavy atom. The van der Waals surface area contributed by atoms with Crippen LogP contribution in [0.25, 0.3) is 0 Å². The molecule has 0 aromatic rings. The molecule has 0 bridgehead atoms. The molecule has 0 atom stereocenters. The van der Waals surface area contributed by atoms with Gasteiger partial charge in [0.1, 0.15) is 0 Å². The van der Waals surface area contributed by atoms with Crippen LogP contribution >= 0.6 is 12.6 Å². The highest BCUT2D eigenvalue weighted by molar-refractivity contribution is 7.80. The Labute approximate surface area is 59.6 Å². The van der Waals surface area contributed by atoms with E-state index in [1.165, 1.54) is 23.1 Å². The summed E-state index contributed by atoms with van der Waals surface area (Å²) in [6.45, 7) is 0.935. The molecule has 0 aliphatic heterocycles. The molecular formula is C5H14OSSi. The number of rotatable bonds is 5. The van der Waals surface area contributed by atoms with Crippen molar-refractivity contribution < 1.29 is 4.74 Å². The number of hydrogen-bond donors (Lipinski definition) is 1. The summed E-state index contributed by atoms with van der Waals surface area (Å²) in [6, 6.07) is 0. The quantitative estimate of drug-likeness (QED) is 0.331. The molecule has 50 valence electrons. The predicted octanol–water partition coefficient (Wildman–Crippen LogP) is 0.0359. The van der Waals surface area contributed by atoms with Crippen LogP contribution < -0.4 is 0 Å². The first-order valence-corrected chi connectivity index (χ1v) is 5.15. The summed E-state index contributed by atoms with van der Waals surface area (Å²) < 4.78 is 5.16. The van der Waals surface area contributed by atoms with Gasteiger partial charge in [-0.2, -0.15) is 12.6 Å². The van der Waals surface area contributed by atoms with Gasteiger partial charge in [-0.3, -0.25) is 0 Å². The highest BCUT2D eigenvalue weighted by Gasteiger charge is 1.82. The first-order chi connectivity index (χ1) is 3.91. The number of thiol groups is 1. The Morgan fingerprint density at radius 2 is 2.12 bits per heavy atom. The number of ether oxygens (including phenoxy) is 1. The molecule has 0 amide bonds. The summed E-state index contributed by atoms with van der Waals surface area (Å²) in [5, 5.41) is 0. The molecular weight excluding hydrogens is 136 g/mol. The molecule has 0 saturated carbocycles. The highest BCUT2D eigenvalue weighted by atomic mass is 32.1. The van der Waals surface area contributed by atoms with Crippen LogP contribution in [-0.4, -0.2) is 28.8 Å². The van der Waals surface area contributed by atoms with Crippen molar-refractivity contribution in [3.63, 3.8) is 0 Å². The zero-order chi connectivity index (χ0) is 6.24. The van der Waals surface area contributed by atoms with Gasteiger partial charge >= 0.3 is 0 Å². The van der Waals surface area contributed by atoms with Crippen molar-refractivity contribution in [3.05, 3.63) is 0 Å². The van der Waals surface area contributed by atoms with Gasteiger partial charge in [0.2, 0.25) is 0 Å². The second-order valence-corrected chi connectivity index (χ2v) is 2.65. The molecule has 0 rings (SSSR count). The molecule has 0 aliphatic carbocycles. The molecule has 0 saturated heterocycles. The second-order valence-electron chi connectivity index (χ2n) is 1.63. The van der Waals surface area contributed by atoms with E-state index in [0.717, 1.165) is 18.6 Å². The molecule has 0 aliphatic rings. The fourth-order valence-corrected chi connectivity index (χ4v) is 0.973. The van der Waals surface area contributed by atoms with Crippen molar-refractivity contribution in [1.82, 2.24) is 0 Å². The smallest absolute Gasteiger partial charge is 0.0461 e. The maximum atomic E-state index is 5.16. The molecule has 0 unspecified atom stereocenters. The summed E-state index contributed by atoms with van der Waals surface area (Å²) in [6.07, 6.45) is 3.34. The highest BCUT2D eigenvalue weighted by Crippen LogP contribution is 1.90. The van der Waals surface area contributed by atoms with Crippen LogP contribution in [0.3, 0.4) is 0 Å². The molecule has 0 fully saturated rings. The molecule has 8 heavy (non-hydrogen) atoms. The van der Waals surface area contributed by atoms with Gasteiger partial charge in [-0.25, -0.2) is 0 Å². The van der Waals surface area contributed by atoms with E-state index in [-0.39, 0.29) is 0 Å². The van der Waals surface area contributed by atoms with E-state index in [1.54, 1.807) is 0 Å². The fourth-order valence-electron chi connectivity index (χ4n) is 0.460. The minimum Gasteiger partial charge on any atom is -0.386 e. The van der Waals surface area contributed by atoms with Crippen molar-refractivity contribution in [2.45, 2.75) is 12.8 Å². The lowest BCUT2D eigenvalue weighted by Crippen LogP contribution is -1.95. The van der Waals surface area contributed by atoms with E-state index in [9.17, 15) is 0 Å². The average molecular weight is 150 g/mol. The lowest BCUT2D eigenvalue weighted by Gasteiger charge is -1.96. The summed E-state index contributed by atoms with van der Waals surface area (Å²) in [5.74, 6) is 0.991. The van der Waals surface area contributed by atoms with E-state index < -0.39 is 0 Å². The Hall–Kier alpha value is 0.527. The largest absolute Gasteiger partial charge is 0.386 e. The molecule has 0 aromatic carbocycles. The topological polar surface area (TPSA) is 9.23 Å². The third-order valence-corrected chi connectivity index (χ3v) is 1.63. The summed E-state index contributed by atoms with van der Waals surface area (Å²) in [7, 11) is 1.17. The van der Waals surface area contributed by atoms with E-state index >= 15 is 0 Å². The first-order valence-electron chi connectivity index (χ1n) is 3.10.